The van der Waals surface area contributed by atoms with Crippen molar-refractivity contribution in [2.24, 2.45) is 0 Å². The number of para-hydroxylation sites is 3. The van der Waals surface area contributed by atoms with E-state index in [9.17, 15) is 4.79 Å². The van der Waals surface area contributed by atoms with Crippen LogP contribution < -0.4 is 10.1 Å². The first-order valence-corrected chi connectivity index (χ1v) is 11.9. The van der Waals surface area contributed by atoms with E-state index in [-0.39, 0.29) is 11.7 Å². The highest BCUT2D eigenvalue weighted by atomic mass is 32.2. The first kappa shape index (κ1) is 22.4. The number of hydrogen-bond acceptors (Lipinski definition) is 6. The number of hydrogen-bond donors (Lipinski definition) is 1. The molecule has 2 heterocycles. The molecule has 2 aromatic heterocycles. The van der Waals surface area contributed by atoms with E-state index < -0.39 is 0 Å². The Morgan fingerprint density at radius 1 is 0.971 bits per heavy atom. The molecular weight excluding hydrogens is 460 g/mol. The van der Waals surface area contributed by atoms with E-state index in [1.165, 1.54) is 11.8 Å². The van der Waals surface area contributed by atoms with Crippen LogP contribution >= 0.6 is 11.8 Å². The largest absolute Gasteiger partial charge is 0.495 e. The molecule has 0 spiro atoms. The number of thioether (sulfide) groups is 1. The molecule has 5 aromatic rings. The van der Waals surface area contributed by atoms with E-state index in [0.717, 1.165) is 22.6 Å². The van der Waals surface area contributed by atoms with Gasteiger partial charge in [-0.1, -0.05) is 72.4 Å². The number of carbonyl (C=O) groups is 1. The minimum absolute atomic E-state index is 0.147. The number of methoxy groups -OCH3 is 1. The molecule has 0 aliphatic carbocycles. The summed E-state index contributed by atoms with van der Waals surface area (Å²) in [6.07, 6.45) is 1.61. The zero-order chi connectivity index (χ0) is 24.0. The molecular formula is C26H22N6O2S. The Hall–Kier alpha value is -4.37. The van der Waals surface area contributed by atoms with Crippen LogP contribution in [-0.4, -0.2) is 43.3 Å². The van der Waals surface area contributed by atoms with Crippen molar-refractivity contribution in [3.63, 3.8) is 0 Å². The zero-order valence-corrected chi connectivity index (χ0v) is 19.7. The molecule has 5 rings (SSSR count). The summed E-state index contributed by atoms with van der Waals surface area (Å²) >= 11 is 1.29. The van der Waals surface area contributed by atoms with Gasteiger partial charge in [0.1, 0.15) is 17.9 Å². The van der Waals surface area contributed by atoms with Gasteiger partial charge < -0.3 is 10.1 Å². The summed E-state index contributed by atoms with van der Waals surface area (Å²) < 4.78 is 8.99. The Labute approximate surface area is 206 Å². The summed E-state index contributed by atoms with van der Waals surface area (Å²) in [5.74, 6) is 1.25. The predicted molar refractivity (Wildman–Crippen MR) is 136 cm³/mol. The summed E-state index contributed by atoms with van der Waals surface area (Å²) in [7, 11) is 1.61. The lowest BCUT2D eigenvalue weighted by Crippen LogP contribution is -2.17. The van der Waals surface area contributed by atoms with E-state index in [2.05, 4.69) is 15.5 Å². The van der Waals surface area contributed by atoms with Crippen LogP contribution in [0.1, 0.15) is 0 Å². The molecule has 0 saturated heterocycles. The highest BCUT2D eigenvalue weighted by Crippen LogP contribution is 2.28. The smallest absolute Gasteiger partial charge is 0.236 e. The number of nitrogens with one attached hydrogen (secondary N) is 1. The molecule has 0 atom stereocenters. The maximum absolute atomic E-state index is 13.0. The summed E-state index contributed by atoms with van der Waals surface area (Å²) in [5.41, 5.74) is 3.40. The maximum Gasteiger partial charge on any atom is 0.236 e. The fourth-order valence-corrected chi connectivity index (χ4v) is 4.33. The molecule has 0 aliphatic rings. The SMILES string of the molecule is COc1ccccc1-n1cnnc1SCC(=O)Nc1cc(-c2ccccc2)nn1-c1ccccc1. The van der Waals surface area contributed by atoms with Crippen molar-refractivity contribution < 1.29 is 9.53 Å². The Morgan fingerprint density at radius 2 is 1.69 bits per heavy atom. The van der Waals surface area contributed by atoms with Crippen molar-refractivity contribution in [3.05, 3.63) is 97.3 Å². The molecule has 0 aliphatic heterocycles. The van der Waals surface area contributed by atoms with Gasteiger partial charge in [0, 0.05) is 11.6 Å². The van der Waals surface area contributed by atoms with Crippen LogP contribution in [0.4, 0.5) is 5.82 Å². The number of amides is 1. The monoisotopic (exact) mass is 482 g/mol. The van der Waals surface area contributed by atoms with Gasteiger partial charge in [-0.3, -0.25) is 9.36 Å². The van der Waals surface area contributed by atoms with Crippen LogP contribution in [0.15, 0.2) is 102 Å². The Balaban J connectivity index is 1.36. The van der Waals surface area contributed by atoms with Crippen molar-refractivity contribution in [2.45, 2.75) is 5.16 Å². The van der Waals surface area contributed by atoms with E-state index in [4.69, 9.17) is 9.84 Å². The number of nitrogens with zero attached hydrogens (tertiary/aromatic N) is 5. The summed E-state index contributed by atoms with van der Waals surface area (Å²) in [5, 5.41) is 16.5. The van der Waals surface area contributed by atoms with Crippen LogP contribution in [-0.2, 0) is 4.79 Å². The highest BCUT2D eigenvalue weighted by Gasteiger charge is 2.16. The Morgan fingerprint density at radius 3 is 2.46 bits per heavy atom. The molecule has 0 radical (unpaired) electrons. The minimum Gasteiger partial charge on any atom is -0.495 e. The van der Waals surface area contributed by atoms with E-state index in [1.807, 2.05) is 91.0 Å². The van der Waals surface area contributed by atoms with Gasteiger partial charge in [0.2, 0.25) is 5.91 Å². The maximum atomic E-state index is 13.0. The molecule has 35 heavy (non-hydrogen) atoms. The number of benzene rings is 3. The third-order valence-corrected chi connectivity index (χ3v) is 6.18. The van der Waals surface area contributed by atoms with Gasteiger partial charge in [-0.2, -0.15) is 5.10 Å². The van der Waals surface area contributed by atoms with Crippen LogP contribution in [0.2, 0.25) is 0 Å². The second-order valence-corrected chi connectivity index (χ2v) is 8.46. The average molecular weight is 483 g/mol. The fourth-order valence-electron chi connectivity index (χ4n) is 3.61. The normalized spacial score (nSPS) is 10.8. The number of aromatic nitrogens is 5. The van der Waals surface area contributed by atoms with Gasteiger partial charge in [-0.05, 0) is 24.3 Å². The number of rotatable bonds is 8. The molecule has 1 amide bonds. The van der Waals surface area contributed by atoms with Crippen LogP contribution in [0.25, 0.3) is 22.6 Å². The third-order valence-electron chi connectivity index (χ3n) is 5.24. The van der Waals surface area contributed by atoms with Crippen LogP contribution in [0.3, 0.4) is 0 Å². The molecule has 0 unspecified atom stereocenters. The van der Waals surface area contributed by atoms with Gasteiger partial charge >= 0.3 is 0 Å². The van der Waals surface area contributed by atoms with Crippen molar-refractivity contribution >= 4 is 23.5 Å². The predicted octanol–water partition coefficient (Wildman–Crippen LogP) is 4.86. The summed E-state index contributed by atoms with van der Waals surface area (Å²) in [4.78, 5) is 13.0. The second kappa shape index (κ2) is 10.3. The molecule has 9 heteroatoms. The van der Waals surface area contributed by atoms with Gasteiger partial charge in [0.25, 0.3) is 0 Å². The van der Waals surface area contributed by atoms with Crippen molar-refractivity contribution in [2.75, 3.05) is 18.2 Å². The van der Waals surface area contributed by atoms with Gasteiger partial charge in [0.05, 0.1) is 29.9 Å². The second-order valence-electron chi connectivity index (χ2n) is 7.52. The average Bonchev–Trinajstić information content (AvgIpc) is 3.56. The summed E-state index contributed by atoms with van der Waals surface area (Å²) in [6.45, 7) is 0. The fraction of sp³-hybridized carbons (Fsp3) is 0.0769. The van der Waals surface area contributed by atoms with Crippen LogP contribution in [0.5, 0.6) is 5.75 Å². The quantitative estimate of drug-likeness (QED) is 0.318. The van der Waals surface area contributed by atoms with E-state index in [0.29, 0.717) is 16.7 Å². The molecule has 174 valence electrons. The number of ether oxygens (including phenoxy) is 1. The molecule has 0 fully saturated rings. The Bertz CT molecular complexity index is 1430. The lowest BCUT2D eigenvalue weighted by molar-refractivity contribution is -0.113. The molecule has 1 N–H and O–H groups in total. The zero-order valence-electron chi connectivity index (χ0n) is 18.9. The lowest BCUT2D eigenvalue weighted by atomic mass is 10.2. The van der Waals surface area contributed by atoms with Crippen molar-refractivity contribution in [3.8, 4) is 28.4 Å². The highest BCUT2D eigenvalue weighted by molar-refractivity contribution is 7.99. The van der Waals surface area contributed by atoms with Gasteiger partial charge in [-0.15, -0.1) is 10.2 Å². The van der Waals surface area contributed by atoms with Gasteiger partial charge in [0.15, 0.2) is 5.16 Å². The lowest BCUT2D eigenvalue weighted by Gasteiger charge is -2.11. The standard InChI is InChI=1S/C26H22N6O2S/c1-34-23-15-9-8-14-22(23)31-18-27-29-26(31)35-17-25(33)28-24-16-21(19-10-4-2-5-11-19)30-32(24)20-12-6-3-7-13-20/h2-16,18H,17H2,1H3,(H,28,33). The molecule has 0 bridgehead atoms. The first-order valence-electron chi connectivity index (χ1n) is 10.9. The van der Waals surface area contributed by atoms with Crippen molar-refractivity contribution in [1.82, 2.24) is 24.5 Å². The minimum atomic E-state index is -0.179. The van der Waals surface area contributed by atoms with Gasteiger partial charge in [-0.25, -0.2) is 4.68 Å². The topological polar surface area (TPSA) is 86.9 Å². The van der Waals surface area contributed by atoms with Crippen molar-refractivity contribution in [1.29, 1.82) is 0 Å². The molecule has 0 saturated carbocycles. The molecule has 3 aromatic carbocycles. The van der Waals surface area contributed by atoms with E-state index >= 15 is 0 Å². The number of carbonyl (C=O) groups excluding carboxylic acids is 1. The third kappa shape index (κ3) is 4.95. The van der Waals surface area contributed by atoms with Crippen LogP contribution in [0, 0.1) is 0 Å². The molecule has 8 nitrogen and oxygen atoms in total. The Kier molecular flexibility index (Phi) is 6.58. The summed E-state index contributed by atoms with van der Waals surface area (Å²) in [6, 6.07) is 29.0. The van der Waals surface area contributed by atoms with E-state index in [1.54, 1.807) is 22.7 Å². The number of anilines is 1. The first-order chi connectivity index (χ1) is 17.2.